The van der Waals surface area contributed by atoms with Crippen molar-refractivity contribution in [3.63, 3.8) is 0 Å². The first-order chi connectivity index (χ1) is 23.0. The predicted molar refractivity (Wildman–Crippen MR) is 208 cm³/mol. The number of aliphatic imine (C=N–C) groups is 1. The molecule has 0 bridgehead atoms. The van der Waals surface area contributed by atoms with Gasteiger partial charge in [-0.25, -0.2) is 0 Å². The van der Waals surface area contributed by atoms with Gasteiger partial charge in [0.1, 0.15) is 5.75 Å². The van der Waals surface area contributed by atoms with Gasteiger partial charge in [0.05, 0.1) is 5.69 Å². The average molecular weight is 823 g/mol. The average Bonchev–Trinajstić information content (AvgIpc) is 3.10. The van der Waals surface area contributed by atoms with E-state index in [1.54, 1.807) is 95.4 Å². The second-order valence-corrected chi connectivity index (χ2v) is 18.9. The number of para-hydroxylation sites is 1. The topological polar surface area (TPSA) is 32.6 Å². The molecule has 3 aliphatic carbocycles. The summed E-state index contributed by atoms with van der Waals surface area (Å²) in [6.07, 6.45) is 27.2. The van der Waals surface area contributed by atoms with Crippen molar-refractivity contribution >= 4 is 55.8 Å². The molecule has 6 rings (SSSR count). The third-order valence-electron chi connectivity index (χ3n) is 9.77. The maximum atomic E-state index is 9.67. The van der Waals surface area contributed by atoms with E-state index in [9.17, 15) is 5.11 Å². The van der Waals surface area contributed by atoms with Crippen molar-refractivity contribution in [2.24, 2.45) is 4.99 Å². The fourth-order valence-corrected chi connectivity index (χ4v) is 13.5. The molecule has 3 aromatic rings. The molecular weight excluding hydrogens is 770 g/mol. The van der Waals surface area contributed by atoms with Crippen molar-refractivity contribution in [2.75, 3.05) is 0 Å². The molecule has 0 aliphatic heterocycles. The molecule has 0 spiro atoms. The van der Waals surface area contributed by atoms with Crippen LogP contribution in [0.25, 0.3) is 6.08 Å². The van der Waals surface area contributed by atoms with Gasteiger partial charge in [-0.05, 0) is 105 Å². The molecular formula is C41H53BrClNOPRu. The van der Waals surface area contributed by atoms with Crippen molar-refractivity contribution in [3.8, 4) is 5.75 Å². The Morgan fingerprint density at radius 3 is 1.68 bits per heavy atom. The van der Waals surface area contributed by atoms with Crippen molar-refractivity contribution in [1.29, 1.82) is 0 Å². The van der Waals surface area contributed by atoms with Gasteiger partial charge < -0.3 is 5.11 Å². The van der Waals surface area contributed by atoms with Crippen LogP contribution in [-0.4, -0.2) is 32.6 Å². The fourth-order valence-electron chi connectivity index (χ4n) is 7.50. The molecule has 0 radical (unpaired) electrons. The van der Waals surface area contributed by atoms with E-state index in [2.05, 4.69) is 25.2 Å². The maximum absolute atomic E-state index is 9.67. The Kier molecular flexibility index (Phi) is 17.7. The van der Waals surface area contributed by atoms with Gasteiger partial charge in [-0.1, -0.05) is 93.8 Å². The van der Waals surface area contributed by atoms with E-state index >= 15 is 0 Å². The van der Waals surface area contributed by atoms with Crippen LogP contribution >= 0.6 is 33.5 Å². The first-order valence-corrected chi connectivity index (χ1v) is 23.1. The van der Waals surface area contributed by atoms with Crippen LogP contribution in [0.2, 0.25) is 0 Å². The molecule has 6 heteroatoms. The zero-order valence-corrected chi connectivity index (χ0v) is 33.3. The Labute approximate surface area is 306 Å². The van der Waals surface area contributed by atoms with Gasteiger partial charge in [0, 0.05) is 16.3 Å². The number of hydrogen-bond acceptors (Lipinski definition) is 2. The number of phenolic OH excluding ortho intramolecular Hbond substituents is 1. The van der Waals surface area contributed by atoms with Crippen molar-refractivity contribution in [1.82, 2.24) is 0 Å². The zero-order chi connectivity index (χ0) is 33.3. The normalized spacial score (nSPS) is 17.7. The SMILES string of the molecule is C1CCC(P(C2CCCCC2)C2CCCCC2)CC1.Cc1cc(Br)cc(C)c1N=Cc1ccccc1O.[Cl][Ru]=[C]=Cc1ccccc1. The molecule has 3 saturated carbocycles. The number of rotatable bonds is 6. The van der Waals surface area contributed by atoms with Crippen molar-refractivity contribution in [3.05, 3.63) is 93.5 Å². The van der Waals surface area contributed by atoms with E-state index in [1.165, 1.54) is 36.2 Å². The van der Waals surface area contributed by atoms with Gasteiger partial charge in [0.25, 0.3) is 0 Å². The predicted octanol–water partition coefficient (Wildman–Crippen LogP) is 13.3. The molecule has 47 heavy (non-hydrogen) atoms. The number of phenols is 1. The second kappa shape index (κ2) is 21.6. The minimum absolute atomic E-state index is 0.205. The molecule has 0 amide bonds. The molecule has 3 fully saturated rings. The number of hydrogen-bond donors (Lipinski definition) is 1. The standard InChI is InChI=1S/C18H33P.C15H14BrNO.C8H6.ClH.Ru/c1-4-10-16(11-5-1)19(17-12-6-2-7-13-17)18-14-8-3-9-15-18;1-10-7-13(16)8-11(2)15(10)17-9-12-5-3-4-6-14(12)18;1-2-8-6-4-3-5-7-8;;/h16-18H,1-15H2;3-9,18H,1-2H3;2-7H;1H;/q;;;;+1/p-1. The van der Waals surface area contributed by atoms with Crippen LogP contribution in [0.15, 0.2) is 76.2 Å². The summed E-state index contributed by atoms with van der Waals surface area (Å²) < 4.78 is 4.05. The van der Waals surface area contributed by atoms with Crippen LogP contribution in [-0.2, 0) is 15.7 Å². The van der Waals surface area contributed by atoms with Crippen molar-refractivity contribution in [2.45, 2.75) is 127 Å². The molecule has 2 nitrogen and oxygen atoms in total. The Balaban J connectivity index is 0.000000168. The molecule has 0 atom stereocenters. The monoisotopic (exact) mass is 822 g/mol. The summed E-state index contributed by atoms with van der Waals surface area (Å²) in [7, 11) is 5.88. The number of nitrogens with zero attached hydrogens (tertiary/aromatic N) is 1. The molecule has 3 aliphatic rings. The van der Waals surface area contributed by atoms with Gasteiger partial charge in [-0.2, -0.15) is 0 Å². The van der Waals surface area contributed by atoms with Gasteiger partial charge in [0.2, 0.25) is 0 Å². The molecule has 0 aromatic heterocycles. The molecule has 3 aromatic carbocycles. The number of aryl methyl sites for hydroxylation is 2. The Bertz CT molecular complexity index is 1370. The van der Waals surface area contributed by atoms with E-state index in [-0.39, 0.29) is 21.4 Å². The van der Waals surface area contributed by atoms with E-state index in [4.69, 9.17) is 9.69 Å². The first kappa shape index (κ1) is 38.4. The quantitative estimate of drug-likeness (QED) is 0.150. The Morgan fingerprint density at radius 1 is 0.745 bits per heavy atom. The van der Waals surface area contributed by atoms with Crippen LogP contribution in [0.1, 0.15) is 119 Å². The number of halogens is 2. The van der Waals surface area contributed by atoms with Crippen LogP contribution < -0.4 is 0 Å². The van der Waals surface area contributed by atoms with E-state index < -0.39 is 0 Å². The molecule has 1 N–H and O–H groups in total. The van der Waals surface area contributed by atoms with Crippen LogP contribution in [0, 0.1) is 13.8 Å². The summed E-state index contributed by atoms with van der Waals surface area (Å²) in [4.78, 5) is 4.47. The first-order valence-electron chi connectivity index (χ1n) is 17.7. The van der Waals surface area contributed by atoms with E-state index in [1.807, 2.05) is 74.5 Å². The third kappa shape index (κ3) is 13.1. The summed E-state index contributed by atoms with van der Waals surface area (Å²) in [6.45, 7) is 4.05. The van der Waals surface area contributed by atoms with Gasteiger partial charge >= 0.3 is 71.6 Å². The van der Waals surface area contributed by atoms with Gasteiger partial charge in [0.15, 0.2) is 0 Å². The number of aromatic hydroxyl groups is 1. The van der Waals surface area contributed by atoms with Crippen LogP contribution in [0.3, 0.4) is 0 Å². The minimum atomic E-state index is -0.205. The molecule has 0 heterocycles. The summed E-state index contributed by atoms with van der Waals surface area (Å²) >= 11 is 3.26. The Morgan fingerprint density at radius 2 is 1.21 bits per heavy atom. The summed E-state index contributed by atoms with van der Waals surface area (Å²) in [5.41, 5.74) is 8.61. The summed E-state index contributed by atoms with van der Waals surface area (Å²) in [6, 6.07) is 21.3. The summed E-state index contributed by atoms with van der Waals surface area (Å²) in [5, 5.41) is 9.67. The van der Waals surface area contributed by atoms with Gasteiger partial charge in [-0.3, -0.25) is 4.99 Å². The molecule has 255 valence electrons. The van der Waals surface area contributed by atoms with Crippen LogP contribution in [0.5, 0.6) is 5.75 Å². The van der Waals surface area contributed by atoms with Crippen molar-refractivity contribution < 1.29 is 20.8 Å². The molecule has 0 saturated heterocycles. The van der Waals surface area contributed by atoms with E-state index in [0.717, 1.165) is 32.4 Å². The second-order valence-electron chi connectivity index (χ2n) is 13.3. The Hall–Kier alpha value is -1.40. The number of benzene rings is 3. The van der Waals surface area contributed by atoms with Gasteiger partial charge in [-0.15, -0.1) is 0 Å². The molecule has 0 unspecified atom stereocenters. The van der Waals surface area contributed by atoms with E-state index in [0.29, 0.717) is 7.92 Å². The fraction of sp³-hybridized carbons (Fsp3) is 0.488. The van der Waals surface area contributed by atoms with Crippen LogP contribution in [0.4, 0.5) is 5.69 Å². The third-order valence-corrected chi connectivity index (χ3v) is 15.2. The summed E-state index contributed by atoms with van der Waals surface area (Å²) in [5.74, 6) is 0.244. The zero-order valence-electron chi connectivity index (χ0n) is 28.3.